The largest absolute Gasteiger partial charge is 0.490 e. The third-order valence-electron chi connectivity index (χ3n) is 3.39. The number of Topliss-reactive ketones (excluding diaryl/α,β-unsaturated/α-hetero) is 1. The van der Waals surface area contributed by atoms with E-state index < -0.39 is 5.60 Å². The fraction of sp³-hybridized carbons (Fsp3) is 0.750. The Kier molecular flexibility index (Phi) is 3.10. The van der Waals surface area contributed by atoms with Crippen LogP contribution in [0.15, 0.2) is 11.8 Å². The van der Waals surface area contributed by atoms with Gasteiger partial charge >= 0.3 is 0 Å². The average molecular weight is 210 g/mol. The molecule has 0 amide bonds. The summed E-state index contributed by atoms with van der Waals surface area (Å²) >= 11 is 0. The molecule has 1 heterocycles. The van der Waals surface area contributed by atoms with Crippen LogP contribution in [0, 0.1) is 0 Å². The first-order valence-corrected chi connectivity index (χ1v) is 5.71. The summed E-state index contributed by atoms with van der Waals surface area (Å²) < 4.78 is 10.8. The van der Waals surface area contributed by atoms with Crippen LogP contribution < -0.4 is 0 Å². The summed E-state index contributed by atoms with van der Waals surface area (Å²) in [6.07, 6.45) is 7.77. The van der Waals surface area contributed by atoms with Crippen LogP contribution >= 0.6 is 0 Å². The highest BCUT2D eigenvalue weighted by atomic mass is 16.5. The lowest BCUT2D eigenvalue weighted by molar-refractivity contribution is -0.144. The van der Waals surface area contributed by atoms with E-state index in [0.29, 0.717) is 12.4 Å². The molecule has 0 unspecified atom stereocenters. The molecular formula is C12H18O3. The molecule has 0 saturated heterocycles. The Morgan fingerprint density at radius 1 is 1.40 bits per heavy atom. The first-order valence-electron chi connectivity index (χ1n) is 5.71. The number of rotatable bonds is 3. The quantitative estimate of drug-likeness (QED) is 0.716. The van der Waals surface area contributed by atoms with Crippen molar-refractivity contribution < 1.29 is 14.3 Å². The van der Waals surface area contributed by atoms with Crippen LogP contribution in [0.2, 0.25) is 0 Å². The van der Waals surface area contributed by atoms with Crippen LogP contribution in [-0.2, 0) is 14.3 Å². The second-order valence-electron chi connectivity index (χ2n) is 4.29. The molecule has 1 saturated carbocycles. The van der Waals surface area contributed by atoms with Gasteiger partial charge in [-0.05, 0) is 18.9 Å². The van der Waals surface area contributed by atoms with Crippen molar-refractivity contribution in [1.29, 1.82) is 0 Å². The summed E-state index contributed by atoms with van der Waals surface area (Å²) in [4.78, 5) is 12.2. The molecule has 3 heteroatoms. The van der Waals surface area contributed by atoms with Crippen molar-refractivity contribution in [2.24, 2.45) is 0 Å². The SMILES string of the molecule is COC1(C(=O)C2=CCCO2)CCCCC1. The van der Waals surface area contributed by atoms with Gasteiger partial charge in [-0.1, -0.05) is 19.3 Å². The number of hydrogen-bond donors (Lipinski definition) is 0. The summed E-state index contributed by atoms with van der Waals surface area (Å²) in [5.41, 5.74) is -0.589. The number of carbonyl (C=O) groups is 1. The Labute approximate surface area is 90.4 Å². The standard InChI is InChI=1S/C12H18O3/c1-14-12(7-3-2-4-8-12)11(13)10-6-5-9-15-10/h6H,2-5,7-9H2,1H3. The van der Waals surface area contributed by atoms with Gasteiger partial charge < -0.3 is 9.47 Å². The van der Waals surface area contributed by atoms with Gasteiger partial charge in [-0.3, -0.25) is 4.79 Å². The van der Waals surface area contributed by atoms with Crippen LogP contribution in [0.4, 0.5) is 0 Å². The van der Waals surface area contributed by atoms with E-state index in [9.17, 15) is 4.79 Å². The zero-order valence-corrected chi connectivity index (χ0v) is 9.25. The van der Waals surface area contributed by atoms with E-state index in [2.05, 4.69) is 0 Å². The third kappa shape index (κ3) is 1.93. The number of methoxy groups -OCH3 is 1. The summed E-state index contributed by atoms with van der Waals surface area (Å²) in [7, 11) is 1.64. The van der Waals surface area contributed by atoms with Crippen LogP contribution in [0.25, 0.3) is 0 Å². The second kappa shape index (κ2) is 4.35. The molecule has 0 aromatic rings. The van der Waals surface area contributed by atoms with Gasteiger partial charge in [0, 0.05) is 13.5 Å². The second-order valence-corrected chi connectivity index (χ2v) is 4.29. The average Bonchev–Trinajstić information content (AvgIpc) is 2.82. The van der Waals surface area contributed by atoms with E-state index in [1.807, 2.05) is 6.08 Å². The molecule has 0 spiro atoms. The molecule has 15 heavy (non-hydrogen) atoms. The molecule has 0 aromatic carbocycles. The minimum atomic E-state index is -0.589. The van der Waals surface area contributed by atoms with Crippen molar-refractivity contribution in [2.45, 2.75) is 44.1 Å². The Morgan fingerprint density at radius 2 is 2.13 bits per heavy atom. The van der Waals surface area contributed by atoms with Crippen molar-refractivity contribution in [3.8, 4) is 0 Å². The molecule has 3 nitrogen and oxygen atoms in total. The molecule has 1 fully saturated rings. The smallest absolute Gasteiger partial charge is 0.228 e. The van der Waals surface area contributed by atoms with Gasteiger partial charge in [-0.2, -0.15) is 0 Å². The summed E-state index contributed by atoms with van der Waals surface area (Å²) in [5.74, 6) is 0.584. The van der Waals surface area contributed by atoms with Gasteiger partial charge in [0.2, 0.25) is 5.78 Å². The highest BCUT2D eigenvalue weighted by Crippen LogP contribution is 2.34. The zero-order valence-electron chi connectivity index (χ0n) is 9.25. The van der Waals surface area contributed by atoms with E-state index in [1.165, 1.54) is 6.42 Å². The Balaban J connectivity index is 2.13. The van der Waals surface area contributed by atoms with E-state index >= 15 is 0 Å². The number of hydrogen-bond acceptors (Lipinski definition) is 3. The van der Waals surface area contributed by atoms with Gasteiger partial charge in [0.25, 0.3) is 0 Å². The van der Waals surface area contributed by atoms with Crippen molar-refractivity contribution in [2.75, 3.05) is 13.7 Å². The van der Waals surface area contributed by atoms with Crippen molar-refractivity contribution in [3.05, 3.63) is 11.8 Å². The molecule has 0 aromatic heterocycles. The van der Waals surface area contributed by atoms with E-state index in [1.54, 1.807) is 7.11 Å². The zero-order chi connectivity index (χ0) is 10.7. The Bertz CT molecular complexity index is 275. The van der Waals surface area contributed by atoms with Gasteiger partial charge in [0.05, 0.1) is 6.61 Å². The van der Waals surface area contributed by atoms with Gasteiger partial charge in [-0.15, -0.1) is 0 Å². The van der Waals surface area contributed by atoms with Crippen LogP contribution in [0.1, 0.15) is 38.5 Å². The molecule has 1 aliphatic carbocycles. The van der Waals surface area contributed by atoms with Gasteiger partial charge in [-0.25, -0.2) is 0 Å². The lowest BCUT2D eigenvalue weighted by atomic mass is 9.81. The monoisotopic (exact) mass is 210 g/mol. The molecule has 2 rings (SSSR count). The van der Waals surface area contributed by atoms with Crippen LogP contribution in [-0.4, -0.2) is 25.1 Å². The third-order valence-corrected chi connectivity index (χ3v) is 3.39. The summed E-state index contributed by atoms with van der Waals surface area (Å²) in [5, 5.41) is 0. The molecule has 0 N–H and O–H groups in total. The molecule has 2 aliphatic rings. The van der Waals surface area contributed by atoms with Gasteiger partial charge in [0.15, 0.2) is 5.76 Å². The maximum Gasteiger partial charge on any atom is 0.228 e. The number of carbonyl (C=O) groups excluding carboxylic acids is 1. The highest BCUT2D eigenvalue weighted by molar-refractivity contribution is 6.00. The predicted octanol–water partition coefficient (Wildman–Crippen LogP) is 2.21. The Morgan fingerprint density at radius 3 is 2.67 bits per heavy atom. The number of ketones is 1. The normalized spacial score (nSPS) is 24.5. The lowest BCUT2D eigenvalue weighted by Crippen LogP contribution is -2.43. The van der Waals surface area contributed by atoms with Crippen molar-refractivity contribution >= 4 is 5.78 Å². The van der Waals surface area contributed by atoms with Crippen molar-refractivity contribution in [3.63, 3.8) is 0 Å². The minimum absolute atomic E-state index is 0.0576. The molecule has 0 atom stereocenters. The fourth-order valence-corrected chi connectivity index (χ4v) is 2.45. The van der Waals surface area contributed by atoms with Gasteiger partial charge in [0.1, 0.15) is 5.60 Å². The molecule has 0 radical (unpaired) electrons. The maximum atomic E-state index is 12.2. The topological polar surface area (TPSA) is 35.5 Å². The summed E-state index contributed by atoms with van der Waals surface area (Å²) in [6, 6.07) is 0. The fourth-order valence-electron chi connectivity index (χ4n) is 2.45. The number of ether oxygens (including phenoxy) is 2. The lowest BCUT2D eigenvalue weighted by Gasteiger charge is -2.34. The maximum absolute atomic E-state index is 12.2. The first-order chi connectivity index (χ1) is 7.28. The highest BCUT2D eigenvalue weighted by Gasteiger charge is 2.42. The molecule has 1 aliphatic heterocycles. The molecular weight excluding hydrogens is 192 g/mol. The van der Waals surface area contributed by atoms with E-state index in [4.69, 9.17) is 9.47 Å². The van der Waals surface area contributed by atoms with Crippen LogP contribution in [0.3, 0.4) is 0 Å². The van der Waals surface area contributed by atoms with E-state index in [0.717, 1.165) is 32.1 Å². The van der Waals surface area contributed by atoms with Crippen molar-refractivity contribution in [1.82, 2.24) is 0 Å². The Hall–Kier alpha value is -0.830. The van der Waals surface area contributed by atoms with E-state index in [-0.39, 0.29) is 5.78 Å². The van der Waals surface area contributed by atoms with Crippen LogP contribution in [0.5, 0.6) is 0 Å². The first kappa shape index (κ1) is 10.7. The molecule has 84 valence electrons. The minimum Gasteiger partial charge on any atom is -0.490 e. The predicted molar refractivity (Wildman–Crippen MR) is 56.5 cm³/mol. The summed E-state index contributed by atoms with van der Waals surface area (Å²) in [6.45, 7) is 0.640. The molecule has 0 bridgehead atoms.